The second kappa shape index (κ2) is 12.3. The van der Waals surface area contributed by atoms with Crippen LogP contribution in [0.4, 0.5) is 4.79 Å². The van der Waals surface area contributed by atoms with Crippen molar-refractivity contribution >= 4 is 22.7 Å². The number of hydrogen-bond donors (Lipinski definition) is 0. The summed E-state index contributed by atoms with van der Waals surface area (Å²) in [5.41, 5.74) is 3.76. The number of aromatic nitrogens is 2. The van der Waals surface area contributed by atoms with Crippen LogP contribution in [0.5, 0.6) is 5.75 Å². The molecular formula is C36H36N4O4. The standard InChI is InChI=1S/C36H36N4O4/c1-24(37-35(41)43-36(2,3)4)40-20-8-11-32(40)34-38-33(39-44-34)30-17-16-29-22-31(19-18-28(29)21-30)42-23-25-12-14-27(15-13-25)26-9-6-5-7-10-26/h5-7,9-10,12-19,21-22,32H,8,11,20,23H2,1-4H3/t32-/m0/s1. The van der Waals surface area contributed by atoms with Crippen LogP contribution in [0.3, 0.4) is 0 Å². The van der Waals surface area contributed by atoms with Crippen molar-refractivity contribution in [3.05, 3.63) is 102 Å². The molecule has 0 bridgehead atoms. The smallest absolute Gasteiger partial charge is 0.435 e. The molecular weight excluding hydrogens is 552 g/mol. The maximum atomic E-state index is 12.2. The summed E-state index contributed by atoms with van der Waals surface area (Å²) in [5.74, 6) is 2.42. The van der Waals surface area contributed by atoms with Crippen LogP contribution in [0.15, 0.2) is 101 Å². The van der Waals surface area contributed by atoms with Gasteiger partial charge >= 0.3 is 6.09 Å². The molecule has 4 aromatic carbocycles. The predicted molar refractivity (Wildman–Crippen MR) is 171 cm³/mol. The SMILES string of the molecule is CC(=NC(=O)OC(C)(C)C)N1CCC[C@H]1c1nc(-c2ccc3cc(OCc4ccc(-c5ccccc5)cc4)ccc3c2)no1. The highest BCUT2D eigenvalue weighted by molar-refractivity contribution is 5.90. The van der Waals surface area contributed by atoms with Gasteiger partial charge in [0.15, 0.2) is 0 Å². The van der Waals surface area contributed by atoms with Crippen molar-refractivity contribution in [3.63, 3.8) is 0 Å². The number of amides is 1. The number of fused-ring (bicyclic) bond motifs is 1. The van der Waals surface area contributed by atoms with Crippen LogP contribution in [0.25, 0.3) is 33.3 Å². The van der Waals surface area contributed by atoms with E-state index in [1.165, 1.54) is 11.1 Å². The molecule has 2 heterocycles. The Morgan fingerprint density at radius 3 is 2.41 bits per heavy atom. The van der Waals surface area contributed by atoms with Gasteiger partial charge in [0.05, 0.1) is 0 Å². The van der Waals surface area contributed by atoms with Crippen molar-refractivity contribution in [2.24, 2.45) is 4.99 Å². The Hall–Kier alpha value is -4.98. The molecule has 1 aromatic heterocycles. The zero-order valence-corrected chi connectivity index (χ0v) is 25.5. The van der Waals surface area contributed by atoms with Gasteiger partial charge in [0.25, 0.3) is 0 Å². The fourth-order valence-electron chi connectivity index (χ4n) is 5.42. The molecule has 1 aliphatic rings. The molecule has 224 valence electrons. The largest absolute Gasteiger partial charge is 0.489 e. The average Bonchev–Trinajstić information content (AvgIpc) is 3.70. The molecule has 1 aliphatic heterocycles. The molecule has 0 spiro atoms. The van der Waals surface area contributed by atoms with E-state index in [0.29, 0.717) is 24.2 Å². The van der Waals surface area contributed by atoms with Crippen LogP contribution in [-0.4, -0.2) is 39.1 Å². The number of aliphatic imine (C=N–C) groups is 1. The molecule has 0 saturated carbocycles. The second-order valence-electron chi connectivity index (χ2n) is 12.0. The van der Waals surface area contributed by atoms with E-state index in [4.69, 9.17) is 19.0 Å². The Morgan fingerprint density at radius 2 is 1.64 bits per heavy atom. The third-order valence-corrected chi connectivity index (χ3v) is 7.58. The highest BCUT2D eigenvalue weighted by atomic mass is 16.6. The molecule has 0 N–H and O–H groups in total. The first-order valence-corrected chi connectivity index (χ1v) is 14.9. The minimum absolute atomic E-state index is 0.142. The lowest BCUT2D eigenvalue weighted by Crippen LogP contribution is -2.30. The number of amidine groups is 1. The summed E-state index contributed by atoms with van der Waals surface area (Å²) in [4.78, 5) is 23.2. The second-order valence-corrected chi connectivity index (χ2v) is 12.0. The Bertz CT molecular complexity index is 1790. The summed E-state index contributed by atoms with van der Waals surface area (Å²) >= 11 is 0. The van der Waals surface area contributed by atoms with Crippen molar-refractivity contribution in [1.29, 1.82) is 0 Å². The van der Waals surface area contributed by atoms with Gasteiger partial charge in [0.2, 0.25) is 11.7 Å². The van der Waals surface area contributed by atoms with E-state index in [0.717, 1.165) is 47.0 Å². The Morgan fingerprint density at radius 1 is 0.932 bits per heavy atom. The molecule has 1 atom stereocenters. The van der Waals surface area contributed by atoms with Crippen LogP contribution < -0.4 is 4.74 Å². The molecule has 1 fully saturated rings. The van der Waals surface area contributed by atoms with Gasteiger partial charge in [-0.1, -0.05) is 78.0 Å². The lowest BCUT2D eigenvalue weighted by Gasteiger charge is -2.24. The number of benzene rings is 4. The maximum Gasteiger partial charge on any atom is 0.435 e. The van der Waals surface area contributed by atoms with Gasteiger partial charge in [0.1, 0.15) is 29.8 Å². The van der Waals surface area contributed by atoms with Gasteiger partial charge in [-0.05, 0) is 86.2 Å². The van der Waals surface area contributed by atoms with Crippen molar-refractivity contribution in [2.75, 3.05) is 6.54 Å². The third-order valence-electron chi connectivity index (χ3n) is 7.58. The Balaban J connectivity index is 1.11. The summed E-state index contributed by atoms with van der Waals surface area (Å²) in [6, 6.07) is 30.8. The molecule has 5 aromatic rings. The summed E-state index contributed by atoms with van der Waals surface area (Å²) in [6.07, 6.45) is 1.16. The van der Waals surface area contributed by atoms with Gasteiger partial charge < -0.3 is 18.9 Å². The molecule has 8 heteroatoms. The molecule has 0 radical (unpaired) electrons. The van der Waals surface area contributed by atoms with Gasteiger partial charge in [0, 0.05) is 12.1 Å². The molecule has 8 nitrogen and oxygen atoms in total. The number of carbonyl (C=O) groups excluding carboxylic acids is 1. The van der Waals surface area contributed by atoms with E-state index in [2.05, 4.69) is 52.6 Å². The quantitative estimate of drug-likeness (QED) is 0.145. The van der Waals surface area contributed by atoms with Crippen molar-refractivity contribution in [2.45, 2.75) is 58.8 Å². The van der Waals surface area contributed by atoms with E-state index in [1.54, 1.807) is 0 Å². The van der Waals surface area contributed by atoms with E-state index in [-0.39, 0.29) is 6.04 Å². The normalized spacial score (nSPS) is 15.5. The predicted octanol–water partition coefficient (Wildman–Crippen LogP) is 8.63. The molecule has 1 amide bonds. The molecule has 1 saturated heterocycles. The first-order chi connectivity index (χ1) is 21.2. The topological polar surface area (TPSA) is 90.0 Å². The lowest BCUT2D eigenvalue weighted by atomic mass is 10.0. The first-order valence-electron chi connectivity index (χ1n) is 14.9. The van der Waals surface area contributed by atoms with Gasteiger partial charge in [-0.2, -0.15) is 9.98 Å². The van der Waals surface area contributed by atoms with Gasteiger partial charge in [-0.15, -0.1) is 0 Å². The number of nitrogens with zero attached hydrogens (tertiary/aromatic N) is 4. The van der Waals surface area contributed by atoms with Gasteiger partial charge in [-0.25, -0.2) is 4.79 Å². The van der Waals surface area contributed by atoms with E-state index in [9.17, 15) is 4.79 Å². The maximum absolute atomic E-state index is 12.2. The van der Waals surface area contributed by atoms with Crippen LogP contribution >= 0.6 is 0 Å². The number of ether oxygens (including phenoxy) is 2. The zero-order chi connectivity index (χ0) is 30.7. The minimum atomic E-state index is -0.603. The van der Waals surface area contributed by atoms with Crippen molar-refractivity contribution < 1.29 is 18.8 Å². The summed E-state index contributed by atoms with van der Waals surface area (Å²) < 4.78 is 17.2. The Kier molecular flexibility index (Phi) is 8.15. The molecule has 0 aliphatic carbocycles. The molecule has 0 unspecified atom stereocenters. The van der Waals surface area contributed by atoms with Crippen molar-refractivity contribution in [1.82, 2.24) is 15.0 Å². The minimum Gasteiger partial charge on any atom is -0.489 e. The summed E-state index contributed by atoms with van der Waals surface area (Å²) in [5, 5.41) is 6.39. The highest BCUT2D eigenvalue weighted by Gasteiger charge is 2.32. The van der Waals surface area contributed by atoms with Crippen molar-refractivity contribution in [3.8, 4) is 28.3 Å². The number of likely N-dealkylation sites (tertiary alicyclic amines) is 1. The zero-order valence-electron chi connectivity index (χ0n) is 25.5. The fraction of sp³-hybridized carbons (Fsp3) is 0.278. The number of hydrogen-bond acceptors (Lipinski definition) is 6. The first kappa shape index (κ1) is 29.1. The van der Waals surface area contributed by atoms with Crippen LogP contribution in [0, 0.1) is 0 Å². The van der Waals surface area contributed by atoms with Crippen LogP contribution in [-0.2, 0) is 11.3 Å². The van der Waals surface area contributed by atoms with Gasteiger partial charge in [-0.3, -0.25) is 0 Å². The van der Waals surface area contributed by atoms with Crippen LogP contribution in [0.1, 0.15) is 58.0 Å². The van der Waals surface area contributed by atoms with Crippen LogP contribution in [0.2, 0.25) is 0 Å². The highest BCUT2D eigenvalue weighted by Crippen LogP contribution is 2.33. The Labute approximate surface area is 257 Å². The average molecular weight is 589 g/mol. The lowest BCUT2D eigenvalue weighted by molar-refractivity contribution is 0.0601. The number of carbonyl (C=O) groups is 1. The monoisotopic (exact) mass is 588 g/mol. The number of rotatable bonds is 6. The third kappa shape index (κ3) is 6.80. The summed E-state index contributed by atoms with van der Waals surface area (Å²) in [7, 11) is 0. The van der Waals surface area contributed by atoms with E-state index >= 15 is 0 Å². The van der Waals surface area contributed by atoms with E-state index in [1.807, 2.05) is 81.1 Å². The van der Waals surface area contributed by atoms with E-state index < -0.39 is 11.7 Å². The fourth-order valence-corrected chi connectivity index (χ4v) is 5.42. The molecule has 44 heavy (non-hydrogen) atoms. The summed E-state index contributed by atoms with van der Waals surface area (Å²) in [6.45, 7) is 8.51. The molecule has 6 rings (SSSR count).